The van der Waals surface area contributed by atoms with Crippen molar-refractivity contribution in [1.29, 1.82) is 0 Å². The van der Waals surface area contributed by atoms with Crippen LogP contribution in [0.4, 0.5) is 13.2 Å². The fraction of sp³-hybridized carbons (Fsp3) is 0.0769. The SMILES string of the molecule is Oc1c(Br)cccc1-c1cccc(C(F)(F)F)c1. The van der Waals surface area contributed by atoms with Crippen LogP contribution in [0, 0.1) is 0 Å². The smallest absolute Gasteiger partial charge is 0.416 e. The van der Waals surface area contributed by atoms with Crippen LogP contribution in [0.3, 0.4) is 0 Å². The van der Waals surface area contributed by atoms with Crippen LogP contribution in [0.2, 0.25) is 0 Å². The fourth-order valence-electron chi connectivity index (χ4n) is 1.61. The molecule has 5 heteroatoms. The average molecular weight is 317 g/mol. The molecule has 94 valence electrons. The minimum atomic E-state index is -4.39. The molecule has 0 aromatic heterocycles. The normalized spacial score (nSPS) is 11.6. The summed E-state index contributed by atoms with van der Waals surface area (Å²) < 4.78 is 38.2. The van der Waals surface area contributed by atoms with Gasteiger partial charge in [0.05, 0.1) is 10.0 Å². The monoisotopic (exact) mass is 316 g/mol. The van der Waals surface area contributed by atoms with Crippen molar-refractivity contribution in [2.75, 3.05) is 0 Å². The third kappa shape index (κ3) is 2.51. The number of para-hydroxylation sites is 1. The molecule has 1 nitrogen and oxygen atoms in total. The first kappa shape index (κ1) is 13.0. The molecule has 2 aromatic rings. The Kier molecular flexibility index (Phi) is 3.34. The van der Waals surface area contributed by atoms with Gasteiger partial charge in [0, 0.05) is 5.56 Å². The summed E-state index contributed by atoms with van der Waals surface area (Å²) in [5.74, 6) is -0.0724. The maximum atomic E-state index is 12.6. The molecule has 0 saturated heterocycles. The molecule has 0 fully saturated rings. The zero-order chi connectivity index (χ0) is 13.3. The second-order valence-corrected chi connectivity index (χ2v) is 4.57. The summed E-state index contributed by atoms with van der Waals surface area (Å²) in [5, 5.41) is 9.82. The van der Waals surface area contributed by atoms with Crippen molar-refractivity contribution in [3.8, 4) is 16.9 Å². The number of halogens is 4. The molecule has 0 spiro atoms. The van der Waals surface area contributed by atoms with E-state index in [0.717, 1.165) is 12.1 Å². The molecule has 0 unspecified atom stereocenters. The number of phenols is 1. The van der Waals surface area contributed by atoms with Crippen LogP contribution in [-0.2, 0) is 6.18 Å². The molecule has 0 heterocycles. The molecule has 0 aliphatic heterocycles. The minimum Gasteiger partial charge on any atom is -0.506 e. The molecule has 0 amide bonds. The number of alkyl halides is 3. The van der Waals surface area contributed by atoms with Crippen molar-refractivity contribution >= 4 is 15.9 Å². The van der Waals surface area contributed by atoms with Crippen molar-refractivity contribution in [2.24, 2.45) is 0 Å². The Morgan fingerprint density at radius 1 is 1.00 bits per heavy atom. The Balaban J connectivity index is 2.55. The molecule has 0 radical (unpaired) electrons. The quantitative estimate of drug-likeness (QED) is 0.798. The van der Waals surface area contributed by atoms with Gasteiger partial charge in [-0.05, 0) is 39.7 Å². The van der Waals surface area contributed by atoms with Crippen molar-refractivity contribution < 1.29 is 18.3 Å². The fourth-order valence-corrected chi connectivity index (χ4v) is 1.98. The predicted octanol–water partition coefficient (Wildman–Crippen LogP) is 4.84. The highest BCUT2D eigenvalue weighted by Gasteiger charge is 2.30. The average Bonchev–Trinajstić information content (AvgIpc) is 2.32. The lowest BCUT2D eigenvalue weighted by Crippen LogP contribution is -2.04. The van der Waals surface area contributed by atoms with Gasteiger partial charge >= 0.3 is 6.18 Å². The Morgan fingerprint density at radius 2 is 1.67 bits per heavy atom. The van der Waals surface area contributed by atoms with Crippen LogP contribution in [0.5, 0.6) is 5.75 Å². The van der Waals surface area contributed by atoms with E-state index in [4.69, 9.17) is 0 Å². The highest BCUT2D eigenvalue weighted by atomic mass is 79.9. The largest absolute Gasteiger partial charge is 0.506 e. The number of rotatable bonds is 1. The molecule has 0 atom stereocenters. The number of hydrogen-bond acceptors (Lipinski definition) is 1. The Hall–Kier alpha value is -1.49. The van der Waals surface area contributed by atoms with E-state index in [1.54, 1.807) is 18.2 Å². The van der Waals surface area contributed by atoms with Crippen LogP contribution < -0.4 is 0 Å². The Labute approximate surface area is 110 Å². The van der Waals surface area contributed by atoms with E-state index in [2.05, 4.69) is 15.9 Å². The first-order valence-electron chi connectivity index (χ1n) is 5.04. The first-order chi connectivity index (χ1) is 8.39. The van der Waals surface area contributed by atoms with E-state index in [1.165, 1.54) is 12.1 Å². The van der Waals surface area contributed by atoms with Gasteiger partial charge in [-0.1, -0.05) is 24.3 Å². The van der Waals surface area contributed by atoms with Gasteiger partial charge in [-0.25, -0.2) is 0 Å². The van der Waals surface area contributed by atoms with Crippen LogP contribution in [-0.4, -0.2) is 5.11 Å². The lowest BCUT2D eigenvalue weighted by molar-refractivity contribution is -0.137. The van der Waals surface area contributed by atoms with E-state index in [9.17, 15) is 18.3 Å². The number of phenolic OH excluding ortho intramolecular Hbond substituents is 1. The van der Waals surface area contributed by atoms with Crippen LogP contribution in [0.25, 0.3) is 11.1 Å². The number of hydrogen-bond donors (Lipinski definition) is 1. The Bertz CT molecular complexity index is 579. The lowest BCUT2D eigenvalue weighted by Gasteiger charge is -2.10. The summed E-state index contributed by atoms with van der Waals surface area (Å²) in [4.78, 5) is 0. The van der Waals surface area contributed by atoms with E-state index >= 15 is 0 Å². The maximum Gasteiger partial charge on any atom is 0.416 e. The van der Waals surface area contributed by atoms with Gasteiger partial charge in [-0.3, -0.25) is 0 Å². The summed E-state index contributed by atoms with van der Waals surface area (Å²) in [6, 6.07) is 9.69. The van der Waals surface area contributed by atoms with Crippen molar-refractivity contribution in [1.82, 2.24) is 0 Å². The van der Waals surface area contributed by atoms with E-state index in [0.29, 0.717) is 15.6 Å². The highest BCUT2D eigenvalue weighted by Crippen LogP contribution is 2.37. The van der Waals surface area contributed by atoms with Gasteiger partial charge in [0.1, 0.15) is 5.75 Å². The number of benzene rings is 2. The molecule has 2 aromatic carbocycles. The molecule has 0 aliphatic carbocycles. The van der Waals surface area contributed by atoms with E-state index in [1.807, 2.05) is 0 Å². The lowest BCUT2D eigenvalue weighted by atomic mass is 10.0. The zero-order valence-corrected chi connectivity index (χ0v) is 10.6. The molecule has 2 rings (SSSR count). The molecule has 0 bridgehead atoms. The summed E-state index contributed by atoms with van der Waals surface area (Å²) in [5.41, 5.74) is -0.0570. The van der Waals surface area contributed by atoms with Gasteiger partial charge in [-0.2, -0.15) is 13.2 Å². The molecule has 18 heavy (non-hydrogen) atoms. The molecule has 0 saturated carbocycles. The van der Waals surface area contributed by atoms with Gasteiger partial charge in [0.2, 0.25) is 0 Å². The van der Waals surface area contributed by atoms with Gasteiger partial charge in [0.25, 0.3) is 0 Å². The number of aromatic hydroxyl groups is 1. The molecular weight excluding hydrogens is 309 g/mol. The third-order valence-corrected chi connectivity index (χ3v) is 3.13. The second-order valence-electron chi connectivity index (χ2n) is 3.71. The molecule has 0 aliphatic rings. The van der Waals surface area contributed by atoms with E-state index < -0.39 is 11.7 Å². The summed E-state index contributed by atoms with van der Waals surface area (Å²) in [6.07, 6.45) is -4.39. The Morgan fingerprint density at radius 3 is 2.33 bits per heavy atom. The molecule has 1 N–H and O–H groups in total. The second kappa shape index (κ2) is 4.65. The minimum absolute atomic E-state index is 0.0724. The molecular formula is C13H8BrF3O. The highest BCUT2D eigenvalue weighted by molar-refractivity contribution is 9.10. The van der Waals surface area contributed by atoms with E-state index in [-0.39, 0.29) is 5.75 Å². The van der Waals surface area contributed by atoms with Crippen molar-refractivity contribution in [3.63, 3.8) is 0 Å². The summed E-state index contributed by atoms with van der Waals surface area (Å²) in [7, 11) is 0. The van der Waals surface area contributed by atoms with Gasteiger partial charge < -0.3 is 5.11 Å². The predicted molar refractivity (Wildman–Crippen MR) is 66.2 cm³/mol. The van der Waals surface area contributed by atoms with Crippen LogP contribution in [0.15, 0.2) is 46.9 Å². The van der Waals surface area contributed by atoms with Crippen molar-refractivity contribution in [3.05, 3.63) is 52.5 Å². The van der Waals surface area contributed by atoms with Crippen LogP contribution >= 0.6 is 15.9 Å². The zero-order valence-electron chi connectivity index (χ0n) is 9.00. The van der Waals surface area contributed by atoms with Gasteiger partial charge in [-0.15, -0.1) is 0 Å². The topological polar surface area (TPSA) is 20.2 Å². The third-order valence-electron chi connectivity index (χ3n) is 2.49. The summed E-state index contributed by atoms with van der Waals surface area (Å²) in [6.45, 7) is 0. The first-order valence-corrected chi connectivity index (χ1v) is 5.84. The van der Waals surface area contributed by atoms with Gasteiger partial charge in [0.15, 0.2) is 0 Å². The van der Waals surface area contributed by atoms with Crippen LogP contribution in [0.1, 0.15) is 5.56 Å². The summed E-state index contributed by atoms with van der Waals surface area (Å²) >= 11 is 3.13. The standard InChI is InChI=1S/C13H8BrF3O/c14-11-6-2-5-10(12(11)18)8-3-1-4-9(7-8)13(15,16)17/h1-7,18H. The maximum absolute atomic E-state index is 12.6. The van der Waals surface area contributed by atoms with Crippen molar-refractivity contribution in [2.45, 2.75) is 6.18 Å².